The van der Waals surface area contributed by atoms with Crippen molar-refractivity contribution >= 4 is 29.1 Å². The van der Waals surface area contributed by atoms with Gasteiger partial charge in [0.15, 0.2) is 0 Å². The Morgan fingerprint density at radius 2 is 1.86 bits per heavy atom. The third kappa shape index (κ3) is 4.54. The van der Waals surface area contributed by atoms with E-state index in [1.165, 1.54) is 11.1 Å². The summed E-state index contributed by atoms with van der Waals surface area (Å²) in [6, 6.07) is 13.6. The van der Waals surface area contributed by atoms with Gasteiger partial charge in [-0.3, -0.25) is 14.5 Å². The lowest BCUT2D eigenvalue weighted by Crippen LogP contribution is -2.44. The van der Waals surface area contributed by atoms with Crippen LogP contribution in [-0.4, -0.2) is 35.8 Å². The van der Waals surface area contributed by atoms with Gasteiger partial charge in [-0.05, 0) is 60.7 Å². The second-order valence-electron chi connectivity index (χ2n) is 7.57. The number of aryl methyl sites for hydroxylation is 1. The molecule has 0 unspecified atom stereocenters. The summed E-state index contributed by atoms with van der Waals surface area (Å²) in [5, 5.41) is 6.73. The van der Waals surface area contributed by atoms with E-state index in [4.69, 9.17) is 11.6 Å². The zero-order valence-electron chi connectivity index (χ0n) is 15.7. The van der Waals surface area contributed by atoms with Gasteiger partial charge in [-0.1, -0.05) is 23.7 Å². The molecule has 2 amide bonds. The minimum atomic E-state index is -0.0412. The summed E-state index contributed by atoms with van der Waals surface area (Å²) in [4.78, 5) is 26.4. The maximum Gasteiger partial charge on any atom is 0.251 e. The van der Waals surface area contributed by atoms with Crippen LogP contribution in [-0.2, 0) is 17.8 Å². The van der Waals surface area contributed by atoms with Crippen LogP contribution in [0.5, 0.6) is 0 Å². The number of rotatable bonds is 4. The molecule has 0 spiro atoms. The van der Waals surface area contributed by atoms with E-state index in [-0.39, 0.29) is 17.9 Å². The Morgan fingerprint density at radius 3 is 2.61 bits per heavy atom. The van der Waals surface area contributed by atoms with Gasteiger partial charge in [-0.15, -0.1) is 0 Å². The maximum absolute atomic E-state index is 12.4. The Kier molecular flexibility index (Phi) is 5.64. The van der Waals surface area contributed by atoms with Gasteiger partial charge in [0.2, 0.25) is 5.91 Å². The van der Waals surface area contributed by atoms with E-state index in [0.717, 1.165) is 44.6 Å². The molecule has 2 aliphatic heterocycles. The number of benzene rings is 2. The number of hydrogen-bond acceptors (Lipinski definition) is 3. The van der Waals surface area contributed by atoms with Crippen LogP contribution in [0.4, 0.5) is 5.69 Å². The highest BCUT2D eigenvalue weighted by atomic mass is 35.5. The van der Waals surface area contributed by atoms with Crippen molar-refractivity contribution < 1.29 is 9.59 Å². The van der Waals surface area contributed by atoms with Crippen molar-refractivity contribution in [1.82, 2.24) is 10.2 Å². The van der Waals surface area contributed by atoms with Crippen LogP contribution in [0.3, 0.4) is 0 Å². The van der Waals surface area contributed by atoms with Crippen LogP contribution in [0.2, 0.25) is 5.02 Å². The Morgan fingerprint density at radius 1 is 1.11 bits per heavy atom. The average molecular weight is 398 g/mol. The highest BCUT2D eigenvalue weighted by Gasteiger charge is 2.22. The van der Waals surface area contributed by atoms with Gasteiger partial charge in [-0.2, -0.15) is 0 Å². The van der Waals surface area contributed by atoms with E-state index in [2.05, 4.69) is 33.7 Å². The van der Waals surface area contributed by atoms with Crippen molar-refractivity contribution in [2.75, 3.05) is 18.4 Å². The zero-order valence-corrected chi connectivity index (χ0v) is 16.5. The molecule has 0 atom stereocenters. The molecule has 6 heteroatoms. The molecule has 2 aromatic carbocycles. The van der Waals surface area contributed by atoms with Crippen molar-refractivity contribution in [1.29, 1.82) is 0 Å². The van der Waals surface area contributed by atoms with Crippen molar-refractivity contribution in [3.8, 4) is 0 Å². The summed E-state index contributed by atoms with van der Waals surface area (Å²) in [6.07, 6.45) is 3.25. The summed E-state index contributed by atoms with van der Waals surface area (Å²) in [6.45, 7) is 2.74. The second kappa shape index (κ2) is 8.33. The lowest BCUT2D eigenvalue weighted by atomic mass is 9.99. The molecule has 1 saturated heterocycles. The van der Waals surface area contributed by atoms with Crippen LogP contribution in [0.25, 0.3) is 0 Å². The standard InChI is InChI=1S/C22H24ClN3O2/c23-18-6-3-17(4-7-18)22(28)24-19-9-11-26(12-10-19)14-15-1-2-16-5-8-21(27)25-20(16)13-15/h1-4,6-7,13,19H,5,8-12,14H2,(H,24,28)(H,25,27). The van der Waals surface area contributed by atoms with Crippen molar-refractivity contribution in [2.24, 2.45) is 0 Å². The van der Waals surface area contributed by atoms with E-state index in [1.54, 1.807) is 24.3 Å². The van der Waals surface area contributed by atoms with E-state index >= 15 is 0 Å². The van der Waals surface area contributed by atoms with Crippen LogP contribution in [0.1, 0.15) is 40.7 Å². The SMILES string of the molecule is O=C1CCc2ccc(CN3CCC(NC(=O)c4ccc(Cl)cc4)CC3)cc2N1. The first-order valence-electron chi connectivity index (χ1n) is 9.77. The molecule has 0 aromatic heterocycles. The van der Waals surface area contributed by atoms with Crippen LogP contribution >= 0.6 is 11.6 Å². The zero-order chi connectivity index (χ0) is 19.5. The molecule has 2 aromatic rings. The second-order valence-corrected chi connectivity index (χ2v) is 8.01. The minimum Gasteiger partial charge on any atom is -0.349 e. The predicted molar refractivity (Wildman–Crippen MR) is 111 cm³/mol. The number of likely N-dealkylation sites (tertiary alicyclic amines) is 1. The molecule has 5 nitrogen and oxygen atoms in total. The quantitative estimate of drug-likeness (QED) is 0.828. The monoisotopic (exact) mass is 397 g/mol. The summed E-state index contributed by atoms with van der Waals surface area (Å²) < 4.78 is 0. The number of nitrogens with one attached hydrogen (secondary N) is 2. The lowest BCUT2D eigenvalue weighted by molar-refractivity contribution is -0.116. The number of anilines is 1. The fraction of sp³-hybridized carbons (Fsp3) is 0.364. The van der Waals surface area contributed by atoms with Gasteiger partial charge in [0, 0.05) is 48.4 Å². The van der Waals surface area contributed by atoms with Gasteiger partial charge >= 0.3 is 0 Å². The van der Waals surface area contributed by atoms with Crippen molar-refractivity contribution in [3.63, 3.8) is 0 Å². The van der Waals surface area contributed by atoms with Crippen LogP contribution in [0, 0.1) is 0 Å². The fourth-order valence-corrected chi connectivity index (χ4v) is 4.01. The minimum absolute atomic E-state index is 0.0412. The average Bonchev–Trinajstić information content (AvgIpc) is 2.69. The van der Waals surface area contributed by atoms with Crippen LogP contribution in [0.15, 0.2) is 42.5 Å². The molecule has 146 valence electrons. The van der Waals surface area contributed by atoms with E-state index < -0.39 is 0 Å². The van der Waals surface area contributed by atoms with E-state index in [9.17, 15) is 9.59 Å². The molecular weight excluding hydrogens is 374 g/mol. The predicted octanol–water partition coefficient (Wildman–Crippen LogP) is 3.62. The molecule has 2 N–H and O–H groups in total. The van der Waals surface area contributed by atoms with Crippen molar-refractivity contribution in [3.05, 3.63) is 64.2 Å². The van der Waals surface area contributed by atoms with Gasteiger partial charge in [-0.25, -0.2) is 0 Å². The Bertz CT molecular complexity index is 874. The molecule has 28 heavy (non-hydrogen) atoms. The number of carbonyl (C=O) groups is 2. The number of piperidine rings is 1. The number of fused-ring (bicyclic) bond motifs is 1. The third-order valence-electron chi connectivity index (χ3n) is 5.51. The molecule has 1 fully saturated rings. The summed E-state index contributed by atoms with van der Waals surface area (Å²) >= 11 is 5.88. The molecule has 2 aliphatic rings. The number of amides is 2. The lowest BCUT2D eigenvalue weighted by Gasteiger charge is -2.32. The molecule has 0 aliphatic carbocycles. The first-order valence-corrected chi connectivity index (χ1v) is 10.1. The first-order chi connectivity index (χ1) is 13.6. The third-order valence-corrected chi connectivity index (χ3v) is 5.76. The molecule has 4 rings (SSSR count). The maximum atomic E-state index is 12.4. The van der Waals surface area contributed by atoms with Gasteiger partial charge in [0.25, 0.3) is 5.91 Å². The van der Waals surface area contributed by atoms with Gasteiger partial charge in [0.1, 0.15) is 0 Å². The molecule has 2 heterocycles. The first kappa shape index (κ1) is 19.0. The number of carbonyl (C=O) groups excluding carboxylic acids is 2. The Balaban J connectivity index is 1.28. The molecule has 0 radical (unpaired) electrons. The van der Waals surface area contributed by atoms with E-state index in [1.807, 2.05) is 0 Å². The number of halogens is 1. The van der Waals surface area contributed by atoms with Gasteiger partial charge in [0.05, 0.1) is 0 Å². The normalized spacial score (nSPS) is 17.7. The highest BCUT2D eigenvalue weighted by Crippen LogP contribution is 2.25. The smallest absolute Gasteiger partial charge is 0.251 e. The summed E-state index contributed by atoms with van der Waals surface area (Å²) in [5.74, 6) is 0.0578. The Labute approximate surface area is 170 Å². The number of nitrogens with zero attached hydrogens (tertiary/aromatic N) is 1. The molecular formula is C22H24ClN3O2. The highest BCUT2D eigenvalue weighted by molar-refractivity contribution is 6.30. The largest absolute Gasteiger partial charge is 0.349 e. The molecule has 0 bridgehead atoms. The summed E-state index contributed by atoms with van der Waals surface area (Å²) in [7, 11) is 0. The Hall–Kier alpha value is -2.37. The topological polar surface area (TPSA) is 61.4 Å². The summed E-state index contributed by atoms with van der Waals surface area (Å²) in [5.41, 5.74) is 4.03. The van der Waals surface area contributed by atoms with Gasteiger partial charge < -0.3 is 10.6 Å². The van der Waals surface area contributed by atoms with E-state index in [0.29, 0.717) is 17.0 Å². The number of hydrogen-bond donors (Lipinski definition) is 2. The van der Waals surface area contributed by atoms with Crippen molar-refractivity contribution in [2.45, 2.75) is 38.3 Å². The molecule has 0 saturated carbocycles. The fourth-order valence-electron chi connectivity index (χ4n) is 3.88. The van der Waals surface area contributed by atoms with Crippen LogP contribution < -0.4 is 10.6 Å².